The van der Waals surface area contributed by atoms with Crippen LogP contribution in [-0.4, -0.2) is 17.9 Å². The first kappa shape index (κ1) is 15.2. The van der Waals surface area contributed by atoms with Crippen molar-refractivity contribution < 1.29 is 9.53 Å². The molecule has 0 aliphatic rings. The molecule has 3 aromatic rings. The topological polar surface area (TPSA) is 39.2 Å². The molecular formula is C19H15NO2S. The van der Waals surface area contributed by atoms with Crippen LogP contribution in [0.4, 0.5) is 0 Å². The summed E-state index contributed by atoms with van der Waals surface area (Å²) in [5.41, 5.74) is 3.34. The molecule has 0 aliphatic heterocycles. The van der Waals surface area contributed by atoms with Crippen LogP contribution in [-0.2, 0) is 0 Å². The van der Waals surface area contributed by atoms with Crippen LogP contribution in [0.15, 0.2) is 65.4 Å². The SMILES string of the molecule is COc1cccc(C(=O)/C=C/c2cccc(-c3ccsc3)n2)c1. The molecule has 0 saturated carbocycles. The Balaban J connectivity index is 1.79. The van der Waals surface area contributed by atoms with Gasteiger partial charge in [-0.1, -0.05) is 18.2 Å². The van der Waals surface area contributed by atoms with E-state index in [0.717, 1.165) is 17.0 Å². The number of carbonyl (C=O) groups excluding carboxylic acids is 1. The van der Waals surface area contributed by atoms with Gasteiger partial charge in [-0.05, 0) is 47.9 Å². The van der Waals surface area contributed by atoms with E-state index in [4.69, 9.17) is 4.74 Å². The van der Waals surface area contributed by atoms with Gasteiger partial charge in [0.05, 0.1) is 18.5 Å². The van der Waals surface area contributed by atoms with Gasteiger partial charge in [-0.2, -0.15) is 11.3 Å². The standard InChI is InChI=1S/C19H15NO2S/c1-22-17-6-2-4-14(12-17)19(21)9-8-16-5-3-7-18(20-16)15-10-11-23-13-15/h2-13H,1H3/b9-8+. The van der Waals surface area contributed by atoms with Crippen LogP contribution in [0.25, 0.3) is 17.3 Å². The lowest BCUT2D eigenvalue weighted by Gasteiger charge is -2.01. The molecule has 0 bridgehead atoms. The third-order valence-corrected chi connectivity index (χ3v) is 4.03. The summed E-state index contributed by atoms with van der Waals surface area (Å²) in [6.07, 6.45) is 3.27. The van der Waals surface area contributed by atoms with Gasteiger partial charge in [0.1, 0.15) is 5.75 Å². The van der Waals surface area contributed by atoms with E-state index >= 15 is 0 Å². The number of rotatable bonds is 5. The van der Waals surface area contributed by atoms with Gasteiger partial charge in [0.15, 0.2) is 5.78 Å². The molecule has 4 heteroatoms. The average molecular weight is 321 g/mol. The van der Waals surface area contributed by atoms with E-state index < -0.39 is 0 Å². The Bertz CT molecular complexity index is 838. The van der Waals surface area contributed by atoms with Gasteiger partial charge < -0.3 is 4.74 Å². The summed E-state index contributed by atoms with van der Waals surface area (Å²) in [7, 11) is 1.58. The molecule has 0 saturated heterocycles. The first-order valence-corrected chi connectivity index (χ1v) is 8.06. The first-order valence-electron chi connectivity index (χ1n) is 7.12. The number of thiophene rings is 1. The zero-order valence-corrected chi connectivity index (χ0v) is 13.4. The summed E-state index contributed by atoms with van der Waals surface area (Å²) in [5, 5.41) is 4.07. The summed E-state index contributed by atoms with van der Waals surface area (Å²) < 4.78 is 5.14. The highest BCUT2D eigenvalue weighted by molar-refractivity contribution is 7.08. The van der Waals surface area contributed by atoms with Crippen LogP contribution < -0.4 is 4.74 Å². The normalized spacial score (nSPS) is 10.8. The minimum atomic E-state index is -0.0772. The number of hydrogen-bond acceptors (Lipinski definition) is 4. The van der Waals surface area contributed by atoms with Crippen molar-refractivity contribution in [2.24, 2.45) is 0 Å². The summed E-state index contributed by atoms with van der Waals surface area (Å²) in [5.74, 6) is 0.591. The van der Waals surface area contributed by atoms with Gasteiger partial charge in [-0.15, -0.1) is 0 Å². The molecule has 0 unspecified atom stereocenters. The predicted octanol–water partition coefficient (Wildman–Crippen LogP) is 4.71. The fourth-order valence-electron chi connectivity index (χ4n) is 2.15. The van der Waals surface area contributed by atoms with E-state index in [1.165, 1.54) is 6.08 Å². The Hall–Kier alpha value is -2.72. The minimum Gasteiger partial charge on any atom is -0.497 e. The van der Waals surface area contributed by atoms with Crippen LogP contribution in [0.2, 0.25) is 0 Å². The second-order valence-electron chi connectivity index (χ2n) is 4.89. The lowest BCUT2D eigenvalue weighted by atomic mass is 10.1. The molecule has 0 aliphatic carbocycles. The summed E-state index contributed by atoms with van der Waals surface area (Å²) in [6.45, 7) is 0. The molecule has 0 fully saturated rings. The fourth-order valence-corrected chi connectivity index (χ4v) is 2.80. The van der Waals surface area contributed by atoms with Crippen LogP contribution in [0.5, 0.6) is 5.75 Å². The van der Waals surface area contributed by atoms with E-state index in [-0.39, 0.29) is 5.78 Å². The number of methoxy groups -OCH3 is 1. The highest BCUT2D eigenvalue weighted by Crippen LogP contribution is 2.20. The Morgan fingerprint density at radius 2 is 2.04 bits per heavy atom. The number of hydrogen-bond donors (Lipinski definition) is 0. The third kappa shape index (κ3) is 3.73. The van der Waals surface area contributed by atoms with Crippen LogP contribution in [0, 0.1) is 0 Å². The number of nitrogens with zero attached hydrogens (tertiary/aromatic N) is 1. The first-order chi connectivity index (χ1) is 11.3. The second-order valence-corrected chi connectivity index (χ2v) is 5.67. The van der Waals surface area contributed by atoms with E-state index in [1.54, 1.807) is 42.7 Å². The lowest BCUT2D eigenvalue weighted by Crippen LogP contribution is -1.95. The predicted molar refractivity (Wildman–Crippen MR) is 93.9 cm³/mol. The fraction of sp³-hybridized carbons (Fsp3) is 0.0526. The summed E-state index contributed by atoms with van der Waals surface area (Å²) in [4.78, 5) is 16.8. The van der Waals surface area contributed by atoms with Crippen molar-refractivity contribution in [3.8, 4) is 17.0 Å². The van der Waals surface area contributed by atoms with Crippen LogP contribution in [0.3, 0.4) is 0 Å². The van der Waals surface area contributed by atoms with E-state index in [9.17, 15) is 4.79 Å². The number of aromatic nitrogens is 1. The van der Waals surface area contributed by atoms with E-state index in [2.05, 4.69) is 10.4 Å². The maximum Gasteiger partial charge on any atom is 0.186 e. The second kappa shape index (κ2) is 7.03. The van der Waals surface area contributed by atoms with Crippen molar-refractivity contribution in [1.82, 2.24) is 4.98 Å². The van der Waals surface area contributed by atoms with Gasteiger partial charge in [-0.25, -0.2) is 4.98 Å². The van der Waals surface area contributed by atoms with Crippen molar-refractivity contribution >= 4 is 23.2 Å². The van der Waals surface area contributed by atoms with Crippen molar-refractivity contribution in [2.45, 2.75) is 0 Å². The lowest BCUT2D eigenvalue weighted by molar-refractivity contribution is 0.104. The summed E-state index contributed by atoms with van der Waals surface area (Å²) in [6, 6.07) is 14.9. The molecule has 0 amide bonds. The minimum absolute atomic E-state index is 0.0772. The highest BCUT2D eigenvalue weighted by atomic mass is 32.1. The number of carbonyl (C=O) groups is 1. The largest absolute Gasteiger partial charge is 0.497 e. The molecule has 3 rings (SSSR count). The van der Waals surface area contributed by atoms with Gasteiger partial charge >= 0.3 is 0 Å². The molecule has 2 aromatic heterocycles. The number of ketones is 1. The number of pyridine rings is 1. The van der Waals surface area contributed by atoms with Gasteiger partial charge in [0.2, 0.25) is 0 Å². The van der Waals surface area contributed by atoms with Crippen LogP contribution >= 0.6 is 11.3 Å². The maximum atomic E-state index is 12.2. The van der Waals surface area contributed by atoms with Gasteiger partial charge in [0.25, 0.3) is 0 Å². The van der Waals surface area contributed by atoms with Crippen molar-refractivity contribution in [3.05, 3.63) is 76.6 Å². The monoisotopic (exact) mass is 321 g/mol. The van der Waals surface area contributed by atoms with Crippen molar-refractivity contribution in [1.29, 1.82) is 0 Å². The molecule has 0 radical (unpaired) electrons. The molecule has 0 atom stereocenters. The van der Waals surface area contributed by atoms with Gasteiger partial charge in [0, 0.05) is 16.5 Å². The molecule has 3 nitrogen and oxygen atoms in total. The zero-order valence-electron chi connectivity index (χ0n) is 12.6. The molecule has 2 heterocycles. The number of benzene rings is 1. The molecular weight excluding hydrogens is 306 g/mol. The maximum absolute atomic E-state index is 12.2. The Morgan fingerprint density at radius 3 is 2.83 bits per heavy atom. The van der Waals surface area contributed by atoms with E-state index in [1.807, 2.05) is 35.7 Å². The molecule has 1 aromatic carbocycles. The van der Waals surface area contributed by atoms with Crippen molar-refractivity contribution in [2.75, 3.05) is 7.11 Å². The molecule has 0 N–H and O–H groups in total. The van der Waals surface area contributed by atoms with Gasteiger partial charge in [-0.3, -0.25) is 4.79 Å². The quantitative estimate of drug-likeness (QED) is 0.504. The Labute approximate surface area is 138 Å². The number of ether oxygens (including phenoxy) is 1. The Kier molecular flexibility index (Phi) is 4.64. The van der Waals surface area contributed by atoms with Crippen molar-refractivity contribution in [3.63, 3.8) is 0 Å². The van der Waals surface area contributed by atoms with Crippen LogP contribution in [0.1, 0.15) is 16.1 Å². The molecule has 23 heavy (non-hydrogen) atoms. The highest BCUT2D eigenvalue weighted by Gasteiger charge is 2.04. The summed E-state index contributed by atoms with van der Waals surface area (Å²) >= 11 is 1.64. The number of allylic oxidation sites excluding steroid dienone is 1. The molecule has 0 spiro atoms. The zero-order chi connectivity index (χ0) is 16.1. The Morgan fingerprint density at radius 1 is 1.17 bits per heavy atom. The average Bonchev–Trinajstić information content (AvgIpc) is 3.14. The third-order valence-electron chi connectivity index (χ3n) is 3.35. The van der Waals surface area contributed by atoms with E-state index in [0.29, 0.717) is 11.3 Å². The smallest absolute Gasteiger partial charge is 0.186 e. The molecule has 114 valence electrons.